The summed E-state index contributed by atoms with van der Waals surface area (Å²) in [7, 11) is -4.94. The van der Waals surface area contributed by atoms with E-state index in [0.717, 1.165) is 12.8 Å². The topological polar surface area (TPSA) is 125 Å². The van der Waals surface area contributed by atoms with Crippen LogP contribution in [0.4, 0.5) is 0 Å². The number of hydrogen-bond donors (Lipinski definition) is 1. The van der Waals surface area contributed by atoms with Gasteiger partial charge < -0.3 is 0 Å². The van der Waals surface area contributed by atoms with Crippen LogP contribution in [-0.2, 0) is 12.8 Å². The third-order valence-electron chi connectivity index (χ3n) is 3.26. The number of benzene rings is 1. The minimum Gasteiger partial charge on any atom is -0.263 e. The highest BCUT2D eigenvalue weighted by Gasteiger charge is 2.21. The molecule has 0 spiro atoms. The van der Waals surface area contributed by atoms with Gasteiger partial charge in [-0.05, 0) is 54.0 Å². The van der Waals surface area contributed by atoms with E-state index in [2.05, 4.69) is 5.43 Å². The molecule has 1 aromatic heterocycles. The van der Waals surface area contributed by atoms with Crippen molar-refractivity contribution in [3.8, 4) is 0 Å². The lowest BCUT2D eigenvalue weighted by atomic mass is 10.0. The zero-order valence-electron chi connectivity index (χ0n) is 12.4. The minimum atomic E-state index is -4.94. The molecule has 0 bridgehead atoms. The van der Waals surface area contributed by atoms with Gasteiger partial charge in [0.15, 0.2) is 11.5 Å². The molecular formula is C14H14Cl2N2O5S. The number of aryl methyl sites for hydroxylation is 2. The van der Waals surface area contributed by atoms with Crippen LogP contribution in [-0.4, -0.2) is 5.91 Å². The second-order valence-electron chi connectivity index (χ2n) is 5.03. The summed E-state index contributed by atoms with van der Waals surface area (Å²) in [6, 6.07) is 6.90. The Bertz CT molecular complexity index is 671. The largest absolute Gasteiger partial charge is 0.306 e. The number of amides is 1. The van der Waals surface area contributed by atoms with Crippen molar-refractivity contribution in [2.45, 2.75) is 25.7 Å². The predicted octanol–water partition coefficient (Wildman–Crippen LogP) is -1.80. The zero-order chi connectivity index (χ0) is 17.7. The normalized spacial score (nSPS) is 13.5. The van der Waals surface area contributed by atoms with Crippen molar-refractivity contribution in [1.29, 1.82) is 0 Å². The van der Waals surface area contributed by atoms with Gasteiger partial charge in [0, 0.05) is 16.1 Å². The summed E-state index contributed by atoms with van der Waals surface area (Å²) in [6.07, 6.45) is 6.78. The standard InChI is InChI=1S/C14H13ClN2OS.ClHO4/c15-12-7-5-10(6-8-12)14(18)16-17-9-11-3-1-2-4-13(11)19-17;2-1(3,4)5/h5-9H,1-4H2;(H,2,3,4,5). The van der Waals surface area contributed by atoms with Crippen LogP contribution in [0.1, 0.15) is 33.6 Å². The van der Waals surface area contributed by atoms with E-state index in [0.29, 0.717) is 10.6 Å². The Morgan fingerprint density at radius 2 is 1.71 bits per heavy atom. The van der Waals surface area contributed by atoms with E-state index in [9.17, 15) is 4.79 Å². The maximum Gasteiger partial charge on any atom is 0.306 e. The van der Waals surface area contributed by atoms with Gasteiger partial charge in [-0.15, -0.1) is 15.7 Å². The van der Waals surface area contributed by atoms with E-state index in [1.807, 2.05) is 10.3 Å². The van der Waals surface area contributed by atoms with Crippen molar-refractivity contribution in [2.75, 3.05) is 5.43 Å². The molecule has 7 nitrogen and oxygen atoms in total. The lowest BCUT2D eigenvalue weighted by molar-refractivity contribution is -2.00. The molecule has 24 heavy (non-hydrogen) atoms. The van der Waals surface area contributed by atoms with Gasteiger partial charge in [-0.2, -0.15) is 0 Å². The number of carbonyl (C=O) groups excluding carboxylic acids is 1. The van der Waals surface area contributed by atoms with E-state index in [1.165, 1.54) is 23.3 Å². The number of carbonyl (C=O) groups is 1. The SMILES string of the molecule is O=C(N[n+]1cc2c(s1)CCCC2)c1ccc(Cl)cc1.[O-][Cl+3]([O-])([O-])[O-]. The Hall–Kier alpha value is -1.26. The molecule has 130 valence electrons. The van der Waals surface area contributed by atoms with Gasteiger partial charge in [-0.3, -0.25) is 4.79 Å². The smallest absolute Gasteiger partial charge is 0.263 e. The number of halogens is 2. The Morgan fingerprint density at radius 1 is 1.12 bits per heavy atom. The van der Waals surface area contributed by atoms with E-state index in [4.69, 9.17) is 30.2 Å². The summed E-state index contributed by atoms with van der Waals surface area (Å²) in [4.78, 5) is 13.5. The summed E-state index contributed by atoms with van der Waals surface area (Å²) < 4.78 is 35.8. The molecule has 2 aromatic rings. The first-order valence-corrected chi connectivity index (χ1v) is 9.33. The summed E-state index contributed by atoms with van der Waals surface area (Å²) in [5.41, 5.74) is 4.87. The maximum atomic E-state index is 12.1. The number of fused-ring (bicyclic) bond motifs is 1. The molecule has 0 saturated heterocycles. The second kappa shape index (κ2) is 8.21. The average molecular weight is 393 g/mol. The molecule has 1 N–H and O–H groups in total. The molecule has 0 fully saturated rings. The highest BCUT2D eigenvalue weighted by atomic mass is 35.7. The van der Waals surface area contributed by atoms with Gasteiger partial charge in [-0.1, -0.05) is 11.6 Å². The Kier molecular flexibility index (Phi) is 6.53. The minimum absolute atomic E-state index is 0.111. The summed E-state index contributed by atoms with van der Waals surface area (Å²) in [6.45, 7) is 0. The van der Waals surface area contributed by atoms with E-state index in [1.54, 1.807) is 35.8 Å². The number of rotatable bonds is 2. The third kappa shape index (κ3) is 6.33. The fourth-order valence-corrected chi connectivity index (χ4v) is 3.43. The molecule has 0 atom stereocenters. The van der Waals surface area contributed by atoms with Crippen LogP contribution in [0.5, 0.6) is 0 Å². The molecule has 0 saturated carbocycles. The van der Waals surface area contributed by atoms with Crippen LogP contribution in [0.25, 0.3) is 0 Å². The lowest BCUT2D eigenvalue weighted by Crippen LogP contribution is -2.68. The predicted molar refractivity (Wildman–Crippen MR) is 76.3 cm³/mol. The van der Waals surface area contributed by atoms with Crippen molar-refractivity contribution in [2.24, 2.45) is 0 Å². The van der Waals surface area contributed by atoms with Gasteiger partial charge in [0.25, 0.3) is 0 Å². The molecular weight excluding hydrogens is 379 g/mol. The summed E-state index contributed by atoms with van der Waals surface area (Å²) in [5.74, 6) is -0.111. The van der Waals surface area contributed by atoms with Crippen LogP contribution in [0.2, 0.25) is 5.02 Å². The highest BCUT2D eigenvalue weighted by molar-refractivity contribution is 7.02. The fraction of sp³-hybridized carbons (Fsp3) is 0.286. The van der Waals surface area contributed by atoms with E-state index < -0.39 is 10.2 Å². The van der Waals surface area contributed by atoms with Gasteiger partial charge >= 0.3 is 5.91 Å². The van der Waals surface area contributed by atoms with E-state index >= 15 is 0 Å². The number of hydrogen-bond acceptors (Lipinski definition) is 6. The van der Waals surface area contributed by atoms with Crippen molar-refractivity contribution in [3.63, 3.8) is 0 Å². The molecule has 1 heterocycles. The molecule has 3 rings (SSSR count). The van der Waals surface area contributed by atoms with Gasteiger partial charge in [-0.25, -0.2) is 18.6 Å². The average Bonchev–Trinajstić information content (AvgIpc) is 2.88. The first-order valence-electron chi connectivity index (χ1n) is 6.95. The molecule has 0 aliphatic heterocycles. The van der Waals surface area contributed by atoms with Crippen molar-refractivity contribution < 1.29 is 37.7 Å². The van der Waals surface area contributed by atoms with Crippen LogP contribution in [0, 0.1) is 10.2 Å². The lowest BCUT2D eigenvalue weighted by Gasteiger charge is -2.17. The second-order valence-corrected chi connectivity index (χ2v) is 7.29. The van der Waals surface area contributed by atoms with Gasteiger partial charge in [0.1, 0.15) is 0 Å². The molecule has 1 aliphatic rings. The molecule has 0 unspecified atom stereocenters. The first kappa shape index (κ1) is 19.1. The Morgan fingerprint density at radius 3 is 2.29 bits per heavy atom. The molecule has 1 amide bonds. The van der Waals surface area contributed by atoms with Crippen LogP contribution in [0.15, 0.2) is 30.5 Å². The van der Waals surface area contributed by atoms with Gasteiger partial charge in [0.2, 0.25) is 6.20 Å². The van der Waals surface area contributed by atoms with Gasteiger partial charge in [0.05, 0.1) is 4.88 Å². The van der Waals surface area contributed by atoms with Crippen molar-refractivity contribution in [1.82, 2.24) is 0 Å². The van der Waals surface area contributed by atoms with Crippen LogP contribution < -0.4 is 28.1 Å². The summed E-state index contributed by atoms with van der Waals surface area (Å²) in [5, 5.41) is 0.635. The number of nitrogens with one attached hydrogen (secondary N) is 1. The zero-order valence-corrected chi connectivity index (χ0v) is 14.7. The Labute approximate surface area is 149 Å². The van der Waals surface area contributed by atoms with E-state index in [-0.39, 0.29) is 5.91 Å². The van der Waals surface area contributed by atoms with Crippen LogP contribution in [0.3, 0.4) is 0 Å². The highest BCUT2D eigenvalue weighted by Crippen LogP contribution is 2.22. The quantitative estimate of drug-likeness (QED) is 0.603. The van der Waals surface area contributed by atoms with Crippen LogP contribution >= 0.6 is 23.1 Å². The molecule has 10 heteroatoms. The molecule has 1 aromatic carbocycles. The first-order chi connectivity index (χ1) is 11.2. The monoisotopic (exact) mass is 392 g/mol. The van der Waals surface area contributed by atoms with Crippen molar-refractivity contribution in [3.05, 3.63) is 51.5 Å². The number of nitrogens with zero attached hydrogens (tertiary/aromatic N) is 1. The number of aromatic nitrogens is 1. The molecule has 1 aliphatic carbocycles. The van der Waals surface area contributed by atoms with Crippen molar-refractivity contribution >= 4 is 29.0 Å². The third-order valence-corrected chi connectivity index (χ3v) is 4.59. The molecule has 0 radical (unpaired) electrons. The fourth-order valence-electron chi connectivity index (χ4n) is 2.25. The summed E-state index contributed by atoms with van der Waals surface area (Å²) >= 11 is 7.43. The Balaban J connectivity index is 0.000000368. The maximum absolute atomic E-state index is 12.1.